The summed E-state index contributed by atoms with van der Waals surface area (Å²) >= 11 is 0. The van der Waals surface area contributed by atoms with Gasteiger partial charge in [-0.1, -0.05) is 6.92 Å². The van der Waals surface area contributed by atoms with E-state index in [2.05, 4.69) is 32.6 Å². The normalized spacial score (nSPS) is 25.1. The molecular weight excluding hydrogens is 258 g/mol. The minimum absolute atomic E-state index is 0.0323. The number of hydrogen-bond acceptors (Lipinski definition) is 4. The van der Waals surface area contributed by atoms with Gasteiger partial charge in [-0.25, -0.2) is 0 Å². The van der Waals surface area contributed by atoms with E-state index in [9.17, 15) is 9.90 Å². The summed E-state index contributed by atoms with van der Waals surface area (Å²) in [6.45, 7) is 10.1. The van der Waals surface area contributed by atoms with Gasteiger partial charge in [0.1, 0.15) is 0 Å². The molecule has 5 nitrogen and oxygen atoms in total. The van der Waals surface area contributed by atoms with Gasteiger partial charge >= 0.3 is 5.97 Å². The molecule has 0 aromatic heterocycles. The third-order valence-electron chi connectivity index (χ3n) is 4.18. The highest BCUT2D eigenvalue weighted by Gasteiger charge is 2.40. The lowest BCUT2D eigenvalue weighted by Gasteiger charge is -2.38. The summed E-state index contributed by atoms with van der Waals surface area (Å²) in [5, 5.41) is 9.33. The maximum absolute atomic E-state index is 11.4. The second kappa shape index (κ2) is 7.38. The Kier molecular flexibility index (Phi) is 6.43. The van der Waals surface area contributed by atoms with E-state index in [0.717, 1.165) is 19.4 Å². The van der Waals surface area contributed by atoms with Crippen molar-refractivity contribution in [1.82, 2.24) is 4.90 Å². The first-order chi connectivity index (χ1) is 9.32. The van der Waals surface area contributed by atoms with Crippen molar-refractivity contribution in [2.24, 2.45) is 5.92 Å². The molecule has 1 fully saturated rings. The van der Waals surface area contributed by atoms with E-state index in [1.54, 1.807) is 7.11 Å². The largest absolute Gasteiger partial charge is 0.481 e. The van der Waals surface area contributed by atoms with E-state index in [1.807, 2.05) is 0 Å². The third-order valence-corrected chi connectivity index (χ3v) is 4.18. The first-order valence-electron chi connectivity index (χ1n) is 7.43. The second-order valence-corrected chi connectivity index (χ2v) is 6.30. The molecule has 1 aliphatic heterocycles. The highest BCUT2D eigenvalue weighted by Crippen LogP contribution is 2.26. The van der Waals surface area contributed by atoms with Crippen molar-refractivity contribution in [2.45, 2.75) is 58.2 Å². The number of carboxylic acid groups (broad SMARTS) is 1. The lowest BCUT2D eigenvalue weighted by Crippen LogP contribution is -2.50. The molecule has 3 unspecified atom stereocenters. The number of ether oxygens (including phenoxy) is 2. The molecule has 0 aromatic carbocycles. The Bertz CT molecular complexity index is 319. The number of aliphatic carboxylic acids is 1. The lowest BCUT2D eigenvalue weighted by atomic mass is 9.94. The quantitative estimate of drug-likeness (QED) is 0.740. The molecule has 0 bridgehead atoms. The molecule has 0 radical (unpaired) electrons. The smallest absolute Gasteiger partial charge is 0.310 e. The number of hydrogen-bond donors (Lipinski definition) is 1. The Labute approximate surface area is 122 Å². The van der Waals surface area contributed by atoms with Gasteiger partial charge in [-0.05, 0) is 40.2 Å². The molecule has 1 heterocycles. The van der Waals surface area contributed by atoms with Gasteiger partial charge in [0, 0.05) is 19.2 Å². The number of methoxy groups -OCH3 is 1. The van der Waals surface area contributed by atoms with Gasteiger partial charge < -0.3 is 14.6 Å². The van der Waals surface area contributed by atoms with E-state index in [4.69, 9.17) is 9.47 Å². The van der Waals surface area contributed by atoms with Crippen molar-refractivity contribution in [3.8, 4) is 0 Å². The standard InChI is InChI=1S/C15H29NO4/c1-6-7-16(11(2)8-15(3,4)19-5)13-10-20-9-12(13)14(17)18/h11-13H,6-10H2,1-5H3,(H,17,18). The molecule has 1 rings (SSSR count). The lowest BCUT2D eigenvalue weighted by molar-refractivity contribution is -0.143. The predicted octanol–water partition coefficient (Wildman–Crippen LogP) is 2.00. The van der Waals surface area contributed by atoms with Crippen LogP contribution >= 0.6 is 0 Å². The molecular formula is C15H29NO4. The zero-order valence-corrected chi connectivity index (χ0v) is 13.4. The Balaban J connectivity index is 2.79. The van der Waals surface area contributed by atoms with Crippen LogP contribution in [-0.2, 0) is 14.3 Å². The highest BCUT2D eigenvalue weighted by atomic mass is 16.5. The van der Waals surface area contributed by atoms with Crippen LogP contribution in [0.15, 0.2) is 0 Å². The molecule has 5 heteroatoms. The number of carboxylic acids is 1. The number of carbonyl (C=O) groups is 1. The van der Waals surface area contributed by atoms with Crippen LogP contribution in [0.2, 0.25) is 0 Å². The molecule has 0 aromatic rings. The molecule has 20 heavy (non-hydrogen) atoms. The fourth-order valence-corrected chi connectivity index (χ4v) is 2.99. The first kappa shape index (κ1) is 17.4. The van der Waals surface area contributed by atoms with Gasteiger partial charge in [0.2, 0.25) is 0 Å². The number of rotatable bonds is 8. The van der Waals surface area contributed by atoms with Crippen LogP contribution in [0.1, 0.15) is 40.5 Å². The fourth-order valence-electron chi connectivity index (χ4n) is 2.99. The van der Waals surface area contributed by atoms with Gasteiger partial charge in [0.15, 0.2) is 0 Å². The van der Waals surface area contributed by atoms with E-state index < -0.39 is 11.9 Å². The van der Waals surface area contributed by atoms with Gasteiger partial charge in [-0.2, -0.15) is 0 Å². The molecule has 0 saturated carbocycles. The van der Waals surface area contributed by atoms with Gasteiger partial charge in [-0.15, -0.1) is 0 Å². The predicted molar refractivity (Wildman–Crippen MR) is 77.9 cm³/mol. The van der Waals surface area contributed by atoms with E-state index in [0.29, 0.717) is 13.2 Å². The second-order valence-electron chi connectivity index (χ2n) is 6.30. The maximum Gasteiger partial charge on any atom is 0.310 e. The first-order valence-corrected chi connectivity index (χ1v) is 7.43. The fraction of sp³-hybridized carbons (Fsp3) is 0.933. The molecule has 0 amide bonds. The molecule has 1 saturated heterocycles. The summed E-state index contributed by atoms with van der Waals surface area (Å²) < 4.78 is 10.9. The topological polar surface area (TPSA) is 59.0 Å². The average Bonchev–Trinajstić information content (AvgIpc) is 2.84. The van der Waals surface area contributed by atoms with Crippen LogP contribution in [0, 0.1) is 5.92 Å². The molecule has 1 N–H and O–H groups in total. The molecule has 3 atom stereocenters. The maximum atomic E-state index is 11.4. The van der Waals surface area contributed by atoms with Gasteiger partial charge in [-0.3, -0.25) is 9.69 Å². The monoisotopic (exact) mass is 287 g/mol. The zero-order chi connectivity index (χ0) is 15.3. The summed E-state index contributed by atoms with van der Waals surface area (Å²) in [6, 6.07) is 0.230. The van der Waals surface area contributed by atoms with E-state index in [-0.39, 0.29) is 17.7 Å². The minimum Gasteiger partial charge on any atom is -0.481 e. The van der Waals surface area contributed by atoms with Crippen LogP contribution < -0.4 is 0 Å². The Morgan fingerprint density at radius 2 is 2.15 bits per heavy atom. The summed E-state index contributed by atoms with van der Waals surface area (Å²) in [4.78, 5) is 13.6. The summed E-state index contributed by atoms with van der Waals surface area (Å²) in [5.74, 6) is -1.18. The van der Waals surface area contributed by atoms with Gasteiger partial charge in [0.25, 0.3) is 0 Å². The SMILES string of the molecule is CCCN(C(C)CC(C)(C)OC)C1COCC1C(=O)O. The zero-order valence-electron chi connectivity index (χ0n) is 13.4. The Morgan fingerprint density at radius 1 is 1.50 bits per heavy atom. The Hall–Kier alpha value is -0.650. The summed E-state index contributed by atoms with van der Waals surface area (Å²) in [7, 11) is 1.72. The third kappa shape index (κ3) is 4.43. The molecule has 0 spiro atoms. The van der Waals surface area contributed by atoms with Crippen LogP contribution in [0.4, 0.5) is 0 Å². The number of nitrogens with zero attached hydrogens (tertiary/aromatic N) is 1. The molecule has 118 valence electrons. The molecule has 1 aliphatic rings. The highest BCUT2D eigenvalue weighted by molar-refractivity contribution is 5.71. The van der Waals surface area contributed by atoms with E-state index >= 15 is 0 Å². The van der Waals surface area contributed by atoms with Crippen molar-refractivity contribution >= 4 is 5.97 Å². The van der Waals surface area contributed by atoms with Crippen molar-refractivity contribution < 1.29 is 19.4 Å². The van der Waals surface area contributed by atoms with Crippen LogP contribution in [-0.4, -0.2) is 60.5 Å². The summed E-state index contributed by atoms with van der Waals surface area (Å²) in [5.41, 5.74) is -0.205. The Morgan fingerprint density at radius 3 is 2.65 bits per heavy atom. The minimum atomic E-state index is -0.758. The van der Waals surface area contributed by atoms with Crippen LogP contribution in [0.25, 0.3) is 0 Å². The van der Waals surface area contributed by atoms with Crippen molar-refractivity contribution in [3.63, 3.8) is 0 Å². The molecule has 0 aliphatic carbocycles. The summed E-state index contributed by atoms with van der Waals surface area (Å²) in [6.07, 6.45) is 1.87. The van der Waals surface area contributed by atoms with E-state index in [1.165, 1.54) is 0 Å². The van der Waals surface area contributed by atoms with Crippen molar-refractivity contribution in [2.75, 3.05) is 26.9 Å². The van der Waals surface area contributed by atoms with Crippen LogP contribution in [0.5, 0.6) is 0 Å². The van der Waals surface area contributed by atoms with Crippen LogP contribution in [0.3, 0.4) is 0 Å². The van der Waals surface area contributed by atoms with Crippen molar-refractivity contribution in [3.05, 3.63) is 0 Å². The average molecular weight is 287 g/mol. The van der Waals surface area contributed by atoms with Crippen molar-refractivity contribution in [1.29, 1.82) is 0 Å². The van der Waals surface area contributed by atoms with Gasteiger partial charge in [0.05, 0.1) is 24.7 Å².